The Hall–Kier alpha value is -1.68. The number of nitrogens with one attached hydrogen (secondary N) is 1. The van der Waals surface area contributed by atoms with E-state index in [0.717, 1.165) is 12.2 Å². The molecule has 3 nitrogen and oxygen atoms in total. The van der Waals surface area contributed by atoms with Gasteiger partial charge < -0.3 is 15.8 Å². The first-order valence-electron chi connectivity index (χ1n) is 4.99. The lowest BCUT2D eigenvalue weighted by Gasteiger charge is -2.09. The number of thiophene rings is 1. The zero-order valence-corrected chi connectivity index (χ0v) is 9.88. The summed E-state index contributed by atoms with van der Waals surface area (Å²) in [5.41, 5.74) is 7.41. The minimum Gasteiger partial charge on any atom is -0.495 e. The van der Waals surface area contributed by atoms with Crippen LogP contribution in [0.1, 0.15) is 4.88 Å². The van der Waals surface area contributed by atoms with Gasteiger partial charge in [0, 0.05) is 23.2 Å². The fourth-order valence-electron chi connectivity index (χ4n) is 1.42. The minimum atomic E-state index is 0.657. The van der Waals surface area contributed by atoms with Crippen molar-refractivity contribution in [2.24, 2.45) is 0 Å². The summed E-state index contributed by atoms with van der Waals surface area (Å²) in [6.07, 6.45) is 0. The number of nitrogen functional groups attached to an aromatic ring is 1. The van der Waals surface area contributed by atoms with Crippen molar-refractivity contribution >= 4 is 22.7 Å². The fourth-order valence-corrected chi connectivity index (χ4v) is 2.07. The van der Waals surface area contributed by atoms with Gasteiger partial charge in [-0.05, 0) is 23.6 Å². The van der Waals surface area contributed by atoms with E-state index in [1.165, 1.54) is 4.88 Å². The second-order valence-electron chi connectivity index (χ2n) is 3.39. The van der Waals surface area contributed by atoms with Gasteiger partial charge in [-0.25, -0.2) is 0 Å². The average molecular weight is 234 g/mol. The molecule has 0 atom stereocenters. The molecule has 2 rings (SSSR count). The molecule has 1 aromatic heterocycles. The van der Waals surface area contributed by atoms with Gasteiger partial charge in [0.25, 0.3) is 0 Å². The standard InChI is InChI=1S/C12H14N2OS/c1-15-12-7-9(4-5-11(12)13)14-8-10-3-2-6-16-10/h2-7,14H,8,13H2,1H3. The highest BCUT2D eigenvalue weighted by Crippen LogP contribution is 2.25. The van der Waals surface area contributed by atoms with Crippen molar-refractivity contribution in [3.05, 3.63) is 40.6 Å². The number of hydrogen-bond donors (Lipinski definition) is 2. The van der Waals surface area contributed by atoms with Crippen LogP contribution in [-0.2, 0) is 6.54 Å². The van der Waals surface area contributed by atoms with Gasteiger partial charge in [0.15, 0.2) is 0 Å². The van der Waals surface area contributed by atoms with E-state index in [0.29, 0.717) is 11.4 Å². The van der Waals surface area contributed by atoms with Gasteiger partial charge in [-0.15, -0.1) is 11.3 Å². The molecule has 0 amide bonds. The molecule has 0 spiro atoms. The smallest absolute Gasteiger partial charge is 0.143 e. The summed E-state index contributed by atoms with van der Waals surface area (Å²) in [6, 6.07) is 9.85. The second kappa shape index (κ2) is 4.90. The molecule has 2 aromatic rings. The molecule has 0 aliphatic heterocycles. The van der Waals surface area contributed by atoms with Crippen LogP contribution in [0.15, 0.2) is 35.7 Å². The van der Waals surface area contributed by atoms with E-state index in [1.807, 2.05) is 24.3 Å². The summed E-state index contributed by atoms with van der Waals surface area (Å²) in [7, 11) is 1.62. The van der Waals surface area contributed by atoms with E-state index in [-0.39, 0.29) is 0 Å². The zero-order chi connectivity index (χ0) is 11.4. The van der Waals surface area contributed by atoms with Crippen LogP contribution < -0.4 is 15.8 Å². The molecular formula is C12H14N2OS. The first-order valence-corrected chi connectivity index (χ1v) is 5.87. The lowest BCUT2D eigenvalue weighted by atomic mass is 10.2. The van der Waals surface area contributed by atoms with Crippen molar-refractivity contribution in [3.63, 3.8) is 0 Å². The van der Waals surface area contributed by atoms with Gasteiger partial charge in [0.05, 0.1) is 12.8 Å². The number of anilines is 2. The summed E-state index contributed by atoms with van der Waals surface area (Å²) in [5, 5.41) is 5.39. The molecule has 0 aliphatic carbocycles. The van der Waals surface area contributed by atoms with E-state index < -0.39 is 0 Å². The monoisotopic (exact) mass is 234 g/mol. The van der Waals surface area contributed by atoms with Crippen molar-refractivity contribution in [3.8, 4) is 5.75 Å². The molecule has 0 fully saturated rings. The third-order valence-corrected chi connectivity index (χ3v) is 3.16. The topological polar surface area (TPSA) is 47.3 Å². The summed E-state index contributed by atoms with van der Waals surface area (Å²) in [5.74, 6) is 0.705. The van der Waals surface area contributed by atoms with Gasteiger partial charge in [-0.1, -0.05) is 6.07 Å². The first kappa shape index (κ1) is 10.8. The highest BCUT2D eigenvalue weighted by molar-refractivity contribution is 7.09. The van der Waals surface area contributed by atoms with Crippen LogP contribution in [0.4, 0.5) is 11.4 Å². The van der Waals surface area contributed by atoms with Gasteiger partial charge in [-0.3, -0.25) is 0 Å². The molecule has 0 saturated heterocycles. The lowest BCUT2D eigenvalue weighted by Crippen LogP contribution is -1.99. The third kappa shape index (κ3) is 2.46. The van der Waals surface area contributed by atoms with E-state index in [9.17, 15) is 0 Å². The molecule has 0 bridgehead atoms. The minimum absolute atomic E-state index is 0.657. The molecule has 1 aromatic carbocycles. The Kier molecular flexibility index (Phi) is 3.31. The highest BCUT2D eigenvalue weighted by atomic mass is 32.1. The zero-order valence-electron chi connectivity index (χ0n) is 9.07. The van der Waals surface area contributed by atoms with E-state index in [4.69, 9.17) is 10.5 Å². The molecule has 0 radical (unpaired) electrons. The van der Waals surface area contributed by atoms with Crippen LogP contribution >= 0.6 is 11.3 Å². The number of nitrogens with two attached hydrogens (primary N) is 1. The quantitative estimate of drug-likeness (QED) is 0.800. The summed E-state index contributed by atoms with van der Waals surface area (Å²) in [6.45, 7) is 0.824. The Morgan fingerprint density at radius 1 is 1.38 bits per heavy atom. The van der Waals surface area contributed by atoms with Crippen molar-refractivity contribution in [1.82, 2.24) is 0 Å². The van der Waals surface area contributed by atoms with Crippen LogP contribution in [0.5, 0.6) is 5.75 Å². The Morgan fingerprint density at radius 2 is 2.25 bits per heavy atom. The number of hydrogen-bond acceptors (Lipinski definition) is 4. The van der Waals surface area contributed by atoms with Crippen molar-refractivity contribution < 1.29 is 4.74 Å². The molecule has 16 heavy (non-hydrogen) atoms. The molecule has 0 unspecified atom stereocenters. The number of ether oxygens (including phenoxy) is 1. The summed E-state index contributed by atoms with van der Waals surface area (Å²) >= 11 is 1.74. The largest absolute Gasteiger partial charge is 0.495 e. The molecule has 84 valence electrons. The van der Waals surface area contributed by atoms with Crippen molar-refractivity contribution in [2.75, 3.05) is 18.2 Å². The van der Waals surface area contributed by atoms with Crippen LogP contribution in [-0.4, -0.2) is 7.11 Å². The van der Waals surface area contributed by atoms with Crippen LogP contribution in [0.2, 0.25) is 0 Å². The molecule has 3 N–H and O–H groups in total. The van der Waals surface area contributed by atoms with Gasteiger partial charge in [-0.2, -0.15) is 0 Å². The maximum Gasteiger partial charge on any atom is 0.143 e. The van der Waals surface area contributed by atoms with E-state index in [2.05, 4.69) is 16.8 Å². The normalized spacial score (nSPS) is 10.1. The number of rotatable bonds is 4. The average Bonchev–Trinajstić information content (AvgIpc) is 2.81. The van der Waals surface area contributed by atoms with Crippen LogP contribution in [0, 0.1) is 0 Å². The van der Waals surface area contributed by atoms with Gasteiger partial charge in [0.2, 0.25) is 0 Å². The van der Waals surface area contributed by atoms with Crippen LogP contribution in [0.3, 0.4) is 0 Å². The number of methoxy groups -OCH3 is 1. The molecule has 0 saturated carbocycles. The molecule has 0 aliphatic rings. The molecular weight excluding hydrogens is 220 g/mol. The fraction of sp³-hybridized carbons (Fsp3) is 0.167. The summed E-state index contributed by atoms with van der Waals surface area (Å²) in [4.78, 5) is 1.30. The SMILES string of the molecule is COc1cc(NCc2cccs2)ccc1N. The first-order chi connectivity index (χ1) is 7.79. The Morgan fingerprint density at radius 3 is 2.94 bits per heavy atom. The number of benzene rings is 1. The third-order valence-electron chi connectivity index (χ3n) is 2.28. The Labute approximate surface area is 98.9 Å². The van der Waals surface area contributed by atoms with Gasteiger partial charge >= 0.3 is 0 Å². The van der Waals surface area contributed by atoms with E-state index in [1.54, 1.807) is 18.4 Å². The highest BCUT2D eigenvalue weighted by Gasteiger charge is 2.00. The van der Waals surface area contributed by atoms with Crippen LogP contribution in [0.25, 0.3) is 0 Å². The maximum absolute atomic E-state index is 5.74. The molecule has 1 heterocycles. The predicted octanol–water partition coefficient (Wildman–Crippen LogP) is 2.95. The predicted molar refractivity (Wildman–Crippen MR) is 69.1 cm³/mol. The van der Waals surface area contributed by atoms with Crippen molar-refractivity contribution in [2.45, 2.75) is 6.54 Å². The maximum atomic E-state index is 5.74. The van der Waals surface area contributed by atoms with Gasteiger partial charge in [0.1, 0.15) is 5.75 Å². The lowest BCUT2D eigenvalue weighted by molar-refractivity contribution is 0.417. The van der Waals surface area contributed by atoms with Crippen molar-refractivity contribution in [1.29, 1.82) is 0 Å². The molecule has 4 heteroatoms. The van der Waals surface area contributed by atoms with E-state index >= 15 is 0 Å². The summed E-state index contributed by atoms with van der Waals surface area (Å²) < 4.78 is 5.16. The Balaban J connectivity index is 2.04. The second-order valence-corrected chi connectivity index (χ2v) is 4.42. The Bertz CT molecular complexity index is 454.